The van der Waals surface area contributed by atoms with Gasteiger partial charge in [-0.15, -0.1) is 11.3 Å². The molecule has 0 bridgehead atoms. The molecule has 1 unspecified atom stereocenters. The van der Waals surface area contributed by atoms with Crippen LogP contribution in [0.1, 0.15) is 115 Å². The van der Waals surface area contributed by atoms with E-state index in [-0.39, 0.29) is 67.5 Å². The maximum absolute atomic E-state index is 13.6. The summed E-state index contributed by atoms with van der Waals surface area (Å²) >= 11 is 1.13. The van der Waals surface area contributed by atoms with E-state index in [1.54, 1.807) is 29.3 Å². The van der Waals surface area contributed by atoms with Gasteiger partial charge in [-0.25, -0.2) is 4.98 Å². The molecule has 0 aliphatic heterocycles. The summed E-state index contributed by atoms with van der Waals surface area (Å²) in [6, 6.07) is 5.41. The van der Waals surface area contributed by atoms with E-state index in [0.717, 1.165) is 23.3 Å². The zero-order valence-electron chi connectivity index (χ0n) is 29.9. The minimum atomic E-state index is -0.990. The second kappa shape index (κ2) is 19.9. The van der Waals surface area contributed by atoms with Crippen molar-refractivity contribution in [3.63, 3.8) is 0 Å². The van der Waals surface area contributed by atoms with Gasteiger partial charge in [-0.1, -0.05) is 67.0 Å². The summed E-state index contributed by atoms with van der Waals surface area (Å²) in [5.74, 6) is -3.23. The zero-order valence-corrected chi connectivity index (χ0v) is 30.7. The predicted molar refractivity (Wildman–Crippen MR) is 186 cm³/mol. The van der Waals surface area contributed by atoms with Crippen LogP contribution in [-0.4, -0.2) is 68.6 Å². The summed E-state index contributed by atoms with van der Waals surface area (Å²) in [4.78, 5) is 69.5. The van der Waals surface area contributed by atoms with Gasteiger partial charge < -0.3 is 29.9 Å². The minimum Gasteiger partial charge on any atom is -0.508 e. The molecule has 49 heavy (non-hydrogen) atoms. The van der Waals surface area contributed by atoms with Crippen LogP contribution in [0.3, 0.4) is 0 Å². The molecule has 0 aliphatic rings. The Morgan fingerprint density at radius 3 is 2.18 bits per heavy atom. The van der Waals surface area contributed by atoms with Gasteiger partial charge in [0.15, 0.2) is 12.8 Å². The lowest BCUT2D eigenvalue weighted by Crippen LogP contribution is -2.46. The number of nitrogens with one attached hydrogen (secondary N) is 1. The highest BCUT2D eigenvalue weighted by atomic mass is 32.1. The first-order valence-corrected chi connectivity index (χ1v) is 17.8. The fourth-order valence-corrected chi connectivity index (χ4v) is 6.10. The van der Waals surface area contributed by atoms with E-state index in [4.69, 9.17) is 9.47 Å². The number of carboxylic acids is 1. The SMILES string of the molecule is CC[C@@H](C)CC(=O)N(COC(=O)CC(C)C)C(C[C@@H](OC(C)=O)c1nc(C(=O)N[C@@H](Cc2ccc(O)cc2)C[C@H](C)C(=O)O)cs1)C(C)C. The Morgan fingerprint density at radius 1 is 0.980 bits per heavy atom. The van der Waals surface area contributed by atoms with Gasteiger partial charge in [-0.3, -0.25) is 24.0 Å². The van der Waals surface area contributed by atoms with Crippen LogP contribution in [-0.2, 0) is 35.1 Å². The zero-order chi connectivity index (χ0) is 36.8. The Labute approximate surface area is 293 Å². The highest BCUT2D eigenvalue weighted by Gasteiger charge is 2.34. The van der Waals surface area contributed by atoms with Crippen LogP contribution >= 0.6 is 11.3 Å². The Morgan fingerprint density at radius 2 is 1.63 bits per heavy atom. The van der Waals surface area contributed by atoms with Gasteiger partial charge in [0.1, 0.15) is 16.5 Å². The van der Waals surface area contributed by atoms with Crippen molar-refractivity contribution in [3.05, 3.63) is 45.9 Å². The molecule has 3 N–H and O–H groups in total. The average molecular weight is 704 g/mol. The topological polar surface area (TPSA) is 172 Å². The summed E-state index contributed by atoms with van der Waals surface area (Å²) in [6.07, 6.45) is 1.01. The van der Waals surface area contributed by atoms with Crippen molar-refractivity contribution in [2.24, 2.45) is 23.7 Å². The molecule has 0 fully saturated rings. The van der Waals surface area contributed by atoms with Crippen LogP contribution in [0.15, 0.2) is 29.6 Å². The lowest BCUT2D eigenvalue weighted by Gasteiger charge is -2.36. The maximum Gasteiger partial charge on any atom is 0.307 e. The van der Waals surface area contributed by atoms with Crippen molar-refractivity contribution in [2.45, 2.75) is 112 Å². The first-order valence-electron chi connectivity index (χ1n) is 16.9. The molecule has 272 valence electrons. The van der Waals surface area contributed by atoms with Crippen LogP contribution in [0, 0.1) is 23.7 Å². The number of rotatable bonds is 20. The van der Waals surface area contributed by atoms with E-state index in [1.807, 2.05) is 41.5 Å². The van der Waals surface area contributed by atoms with Gasteiger partial charge in [0.25, 0.3) is 5.91 Å². The molecule has 0 saturated heterocycles. The third kappa shape index (κ3) is 14.2. The molecule has 1 aromatic heterocycles. The first kappa shape index (κ1) is 41.2. The number of benzene rings is 1. The highest BCUT2D eigenvalue weighted by Crippen LogP contribution is 2.31. The number of amides is 2. The molecule has 5 atom stereocenters. The number of ether oxygens (including phenoxy) is 2. The molecule has 0 saturated carbocycles. The van der Waals surface area contributed by atoms with E-state index in [2.05, 4.69) is 10.3 Å². The molecular formula is C36H53N3O9S. The Hall–Kier alpha value is -4.00. The van der Waals surface area contributed by atoms with Gasteiger partial charge in [0.2, 0.25) is 5.91 Å². The second-order valence-corrected chi connectivity index (χ2v) is 14.4. The smallest absolute Gasteiger partial charge is 0.307 e. The number of thiazole rings is 1. The number of hydrogen-bond acceptors (Lipinski definition) is 10. The molecular weight excluding hydrogens is 650 g/mol. The lowest BCUT2D eigenvalue weighted by atomic mass is 9.95. The third-order valence-corrected chi connectivity index (χ3v) is 9.19. The number of esters is 2. The predicted octanol–water partition coefficient (Wildman–Crippen LogP) is 6.13. The van der Waals surface area contributed by atoms with Gasteiger partial charge in [0, 0.05) is 43.6 Å². The average Bonchev–Trinajstić information content (AvgIpc) is 3.51. The number of phenols is 1. The monoisotopic (exact) mass is 703 g/mol. The Balaban J connectivity index is 2.36. The van der Waals surface area contributed by atoms with E-state index in [1.165, 1.54) is 19.1 Å². The van der Waals surface area contributed by atoms with Crippen LogP contribution < -0.4 is 5.32 Å². The summed E-state index contributed by atoms with van der Waals surface area (Å²) < 4.78 is 11.3. The maximum atomic E-state index is 13.6. The fraction of sp³-hybridized carbons (Fsp3) is 0.611. The molecule has 13 heteroatoms. The number of carbonyl (C=O) groups excluding carboxylic acids is 4. The van der Waals surface area contributed by atoms with Crippen molar-refractivity contribution in [3.8, 4) is 5.75 Å². The summed E-state index contributed by atoms with van der Waals surface area (Å²) in [5.41, 5.74) is 0.876. The van der Waals surface area contributed by atoms with Crippen LogP contribution in [0.5, 0.6) is 5.75 Å². The molecule has 2 aromatic rings. The third-order valence-electron chi connectivity index (χ3n) is 8.26. The molecule has 0 spiro atoms. The number of nitrogens with zero attached hydrogens (tertiary/aromatic N) is 2. The van der Waals surface area contributed by atoms with Gasteiger partial charge in [-0.2, -0.15) is 0 Å². The number of aromatic nitrogens is 1. The molecule has 1 aromatic carbocycles. The molecule has 2 rings (SSSR count). The largest absolute Gasteiger partial charge is 0.508 e. The van der Waals surface area contributed by atoms with Crippen molar-refractivity contribution in [1.29, 1.82) is 0 Å². The molecule has 1 heterocycles. The Bertz CT molecular complexity index is 1390. The number of aromatic hydroxyl groups is 1. The van der Waals surface area contributed by atoms with E-state index >= 15 is 0 Å². The van der Waals surface area contributed by atoms with Crippen molar-refractivity contribution in [2.75, 3.05) is 6.73 Å². The molecule has 0 radical (unpaired) electrons. The van der Waals surface area contributed by atoms with Crippen LogP contribution in [0.4, 0.5) is 0 Å². The number of phenolic OH excluding ortho intramolecular Hbond substituents is 1. The number of aliphatic carboxylic acids is 1. The van der Waals surface area contributed by atoms with Gasteiger partial charge in [0.05, 0.1) is 5.92 Å². The summed E-state index contributed by atoms with van der Waals surface area (Å²) in [7, 11) is 0. The summed E-state index contributed by atoms with van der Waals surface area (Å²) in [5, 5.41) is 24.0. The molecule has 2 amide bonds. The quantitative estimate of drug-likeness (QED) is 0.108. The van der Waals surface area contributed by atoms with E-state index in [9.17, 15) is 34.2 Å². The minimum absolute atomic E-state index is 0.0734. The lowest BCUT2D eigenvalue weighted by molar-refractivity contribution is -0.158. The Kier molecular flexibility index (Phi) is 16.7. The molecule has 12 nitrogen and oxygen atoms in total. The van der Waals surface area contributed by atoms with Gasteiger partial charge >= 0.3 is 17.9 Å². The first-order chi connectivity index (χ1) is 23.0. The molecule has 0 aliphatic carbocycles. The van der Waals surface area contributed by atoms with E-state index in [0.29, 0.717) is 11.4 Å². The summed E-state index contributed by atoms with van der Waals surface area (Å²) in [6.45, 7) is 14.3. The fourth-order valence-electron chi connectivity index (χ4n) is 5.26. The second-order valence-electron chi connectivity index (χ2n) is 13.6. The normalized spacial score (nSPS) is 14.4. The van der Waals surface area contributed by atoms with Crippen molar-refractivity contribution >= 4 is 41.1 Å². The van der Waals surface area contributed by atoms with E-state index < -0.39 is 47.9 Å². The number of hydrogen-bond donors (Lipinski definition) is 3. The van der Waals surface area contributed by atoms with Gasteiger partial charge in [-0.05, 0) is 48.3 Å². The van der Waals surface area contributed by atoms with Crippen molar-refractivity contribution < 1.29 is 43.7 Å². The van der Waals surface area contributed by atoms with Crippen molar-refractivity contribution in [1.82, 2.24) is 15.2 Å². The standard InChI is InChI=1S/C36H53N3O9S/c1-9-23(6)15-32(42)39(20-47-33(43)14-21(2)3)30(22(4)5)18-31(48-25(8)40)35-38-29(19-49-35)34(44)37-27(16-24(7)36(45)46)17-26-10-12-28(41)13-11-26/h10-13,19,21-24,27,30-31,41H,9,14-18,20H2,1-8H3,(H,37,44)(H,45,46)/t23-,24+,27-,30?,31-/m1/s1. The van der Waals surface area contributed by atoms with Crippen LogP contribution in [0.25, 0.3) is 0 Å². The number of carbonyl (C=O) groups is 5. The number of carboxylic acid groups (broad SMARTS) is 1. The van der Waals surface area contributed by atoms with Crippen LogP contribution in [0.2, 0.25) is 0 Å². The highest BCUT2D eigenvalue weighted by molar-refractivity contribution is 7.09.